The SMILES string of the molecule is CO[Si](C)(C)CCCNC(=O)NCCC[Si](C)(C)OC. The van der Waals surface area contributed by atoms with Crippen molar-refractivity contribution in [1.29, 1.82) is 0 Å². The summed E-state index contributed by atoms with van der Waals surface area (Å²) < 4.78 is 10.9. The van der Waals surface area contributed by atoms with E-state index in [0.29, 0.717) is 13.1 Å². The molecule has 0 aromatic heterocycles. The van der Waals surface area contributed by atoms with Gasteiger partial charge >= 0.3 is 6.03 Å². The van der Waals surface area contributed by atoms with Gasteiger partial charge < -0.3 is 19.5 Å². The van der Waals surface area contributed by atoms with Crippen LogP contribution in [0.3, 0.4) is 0 Å². The average molecular weight is 321 g/mol. The van der Waals surface area contributed by atoms with Gasteiger partial charge in [0.1, 0.15) is 0 Å². The van der Waals surface area contributed by atoms with E-state index in [0.717, 1.165) is 24.9 Å². The van der Waals surface area contributed by atoms with Crippen LogP contribution >= 0.6 is 0 Å². The zero-order chi connectivity index (χ0) is 15.6. The Morgan fingerprint density at radius 3 is 1.50 bits per heavy atom. The largest absolute Gasteiger partial charge is 0.420 e. The first-order valence-electron chi connectivity index (χ1n) is 7.34. The van der Waals surface area contributed by atoms with Crippen LogP contribution in [0.25, 0.3) is 0 Å². The van der Waals surface area contributed by atoms with Crippen LogP contribution in [0.5, 0.6) is 0 Å². The van der Waals surface area contributed by atoms with E-state index in [1.807, 2.05) is 0 Å². The van der Waals surface area contributed by atoms with Crippen LogP contribution in [0.4, 0.5) is 4.79 Å². The van der Waals surface area contributed by atoms with Gasteiger partial charge in [0.15, 0.2) is 16.6 Å². The summed E-state index contributed by atoms with van der Waals surface area (Å²) in [5, 5.41) is 5.78. The van der Waals surface area contributed by atoms with Gasteiger partial charge in [-0.05, 0) is 51.1 Å². The maximum absolute atomic E-state index is 11.6. The summed E-state index contributed by atoms with van der Waals surface area (Å²) in [6, 6.07) is 2.06. The Bertz CT molecular complexity index is 261. The van der Waals surface area contributed by atoms with E-state index in [1.165, 1.54) is 0 Å². The highest BCUT2D eigenvalue weighted by Crippen LogP contribution is 2.12. The molecule has 0 radical (unpaired) electrons. The van der Waals surface area contributed by atoms with Gasteiger partial charge in [-0.3, -0.25) is 0 Å². The quantitative estimate of drug-likeness (QED) is 0.481. The summed E-state index contributed by atoms with van der Waals surface area (Å²) in [4.78, 5) is 11.6. The van der Waals surface area contributed by atoms with Crippen LogP contribution in [0.1, 0.15) is 12.8 Å². The predicted octanol–water partition coefficient (Wildman–Crippen LogP) is 2.77. The minimum absolute atomic E-state index is 0.0706. The van der Waals surface area contributed by atoms with Gasteiger partial charge in [0.05, 0.1) is 0 Å². The van der Waals surface area contributed by atoms with E-state index in [9.17, 15) is 4.79 Å². The fourth-order valence-corrected chi connectivity index (χ4v) is 4.16. The summed E-state index contributed by atoms with van der Waals surface area (Å²) >= 11 is 0. The van der Waals surface area contributed by atoms with Crippen molar-refractivity contribution in [2.75, 3.05) is 27.3 Å². The van der Waals surface area contributed by atoms with Crippen molar-refractivity contribution in [2.45, 2.75) is 51.1 Å². The Balaban J connectivity index is 3.56. The molecule has 0 saturated carbocycles. The highest BCUT2D eigenvalue weighted by Gasteiger charge is 2.20. The molecule has 7 heteroatoms. The Morgan fingerprint density at radius 2 is 1.20 bits per heavy atom. The molecule has 0 heterocycles. The van der Waals surface area contributed by atoms with Crippen LogP contribution in [0.2, 0.25) is 38.3 Å². The fourth-order valence-electron chi connectivity index (χ4n) is 1.70. The maximum Gasteiger partial charge on any atom is 0.314 e. The molecule has 5 nitrogen and oxygen atoms in total. The average Bonchev–Trinajstić information content (AvgIpc) is 2.40. The second kappa shape index (κ2) is 9.54. The van der Waals surface area contributed by atoms with Crippen molar-refractivity contribution < 1.29 is 13.6 Å². The normalized spacial score (nSPS) is 12.3. The second-order valence-electron chi connectivity index (χ2n) is 6.32. The monoisotopic (exact) mass is 320 g/mol. The van der Waals surface area contributed by atoms with Crippen LogP contribution in [0.15, 0.2) is 0 Å². The maximum atomic E-state index is 11.6. The molecular weight excluding hydrogens is 288 g/mol. The minimum Gasteiger partial charge on any atom is -0.420 e. The van der Waals surface area contributed by atoms with Gasteiger partial charge in [0.25, 0.3) is 0 Å². The van der Waals surface area contributed by atoms with Crippen LogP contribution in [0, 0.1) is 0 Å². The number of nitrogens with one attached hydrogen (secondary N) is 2. The Hall–Kier alpha value is -0.376. The smallest absolute Gasteiger partial charge is 0.314 e. The number of urea groups is 1. The lowest BCUT2D eigenvalue weighted by molar-refractivity contribution is 0.240. The van der Waals surface area contributed by atoms with Gasteiger partial charge in [-0.2, -0.15) is 0 Å². The summed E-state index contributed by atoms with van der Waals surface area (Å²) in [6.07, 6.45) is 1.95. The first-order chi connectivity index (χ1) is 9.22. The molecule has 120 valence electrons. The Labute approximate surface area is 126 Å². The molecule has 0 aromatic carbocycles. The molecule has 0 aromatic rings. The molecule has 0 spiro atoms. The highest BCUT2D eigenvalue weighted by molar-refractivity contribution is 6.71. The number of carbonyl (C=O) groups is 1. The molecule has 0 saturated heterocycles. The van der Waals surface area contributed by atoms with Crippen molar-refractivity contribution in [2.24, 2.45) is 0 Å². The van der Waals surface area contributed by atoms with Gasteiger partial charge in [-0.15, -0.1) is 0 Å². The van der Waals surface area contributed by atoms with Gasteiger partial charge in [0, 0.05) is 27.3 Å². The fraction of sp³-hybridized carbons (Fsp3) is 0.923. The van der Waals surface area contributed by atoms with Crippen LogP contribution in [-0.4, -0.2) is 50.0 Å². The van der Waals surface area contributed by atoms with E-state index >= 15 is 0 Å². The van der Waals surface area contributed by atoms with E-state index in [1.54, 1.807) is 14.2 Å². The van der Waals surface area contributed by atoms with E-state index in [2.05, 4.69) is 36.8 Å². The Kier molecular flexibility index (Phi) is 9.36. The molecular formula is C13H32N2O3Si2. The van der Waals surface area contributed by atoms with Crippen LogP contribution in [-0.2, 0) is 8.85 Å². The summed E-state index contributed by atoms with van der Waals surface area (Å²) in [6.45, 7) is 10.2. The van der Waals surface area contributed by atoms with E-state index < -0.39 is 16.6 Å². The van der Waals surface area contributed by atoms with Gasteiger partial charge in [-0.1, -0.05) is 0 Å². The third kappa shape index (κ3) is 10.4. The summed E-state index contributed by atoms with van der Waals surface area (Å²) in [7, 11) is 0.577. The third-order valence-corrected chi connectivity index (χ3v) is 8.91. The summed E-state index contributed by atoms with van der Waals surface area (Å²) in [5.41, 5.74) is 0. The highest BCUT2D eigenvalue weighted by atomic mass is 28.4. The van der Waals surface area contributed by atoms with Crippen molar-refractivity contribution in [3.63, 3.8) is 0 Å². The van der Waals surface area contributed by atoms with Crippen molar-refractivity contribution in [3.8, 4) is 0 Å². The lowest BCUT2D eigenvalue weighted by Gasteiger charge is -2.20. The third-order valence-electron chi connectivity index (χ3n) is 3.59. The molecule has 0 aliphatic heterocycles. The standard InChI is InChI=1S/C13H32N2O3Si2/c1-17-19(3,4)11-7-9-14-13(16)15-10-8-12-20(5,6)18-2/h7-12H2,1-6H3,(H2,14,15,16). The summed E-state index contributed by atoms with van der Waals surface area (Å²) in [5.74, 6) is 0. The zero-order valence-corrected chi connectivity index (χ0v) is 16.0. The van der Waals surface area contributed by atoms with E-state index in [-0.39, 0.29) is 6.03 Å². The molecule has 0 rings (SSSR count). The topological polar surface area (TPSA) is 59.6 Å². The lowest BCUT2D eigenvalue weighted by atomic mass is 10.4. The Morgan fingerprint density at radius 1 is 0.850 bits per heavy atom. The molecule has 0 aliphatic carbocycles. The van der Waals surface area contributed by atoms with E-state index in [4.69, 9.17) is 8.85 Å². The van der Waals surface area contributed by atoms with Gasteiger partial charge in [0.2, 0.25) is 0 Å². The zero-order valence-electron chi connectivity index (χ0n) is 14.0. The molecule has 0 atom stereocenters. The minimum atomic E-state index is -1.49. The second-order valence-corrected chi connectivity index (χ2v) is 15.2. The van der Waals surface area contributed by atoms with Crippen molar-refractivity contribution in [1.82, 2.24) is 10.6 Å². The van der Waals surface area contributed by atoms with Crippen molar-refractivity contribution in [3.05, 3.63) is 0 Å². The molecule has 0 bridgehead atoms. The van der Waals surface area contributed by atoms with Crippen molar-refractivity contribution >= 4 is 22.7 Å². The predicted molar refractivity (Wildman–Crippen MR) is 89.2 cm³/mol. The first-order valence-corrected chi connectivity index (χ1v) is 13.6. The molecule has 2 amide bonds. The molecule has 0 aliphatic rings. The number of carbonyl (C=O) groups excluding carboxylic acids is 1. The van der Waals surface area contributed by atoms with Crippen LogP contribution < -0.4 is 10.6 Å². The number of rotatable bonds is 10. The number of hydrogen-bond donors (Lipinski definition) is 2. The van der Waals surface area contributed by atoms with Gasteiger partial charge in [-0.25, -0.2) is 4.79 Å². The number of amides is 2. The lowest BCUT2D eigenvalue weighted by Crippen LogP contribution is -2.38. The molecule has 2 N–H and O–H groups in total. The first kappa shape index (κ1) is 19.6. The molecule has 0 fully saturated rings. The molecule has 0 unspecified atom stereocenters. The number of hydrogen-bond acceptors (Lipinski definition) is 3. The molecule has 20 heavy (non-hydrogen) atoms.